The Bertz CT molecular complexity index is 2590. The number of carbonyl (C=O) groups is 3. The highest BCUT2D eigenvalue weighted by molar-refractivity contribution is 5.97. The molecule has 5 heterocycles. The van der Waals surface area contributed by atoms with Crippen LogP contribution in [0.4, 0.5) is 10.7 Å². The zero-order valence-electron chi connectivity index (χ0n) is 36.3. The van der Waals surface area contributed by atoms with Crippen LogP contribution in [-0.4, -0.2) is 117 Å². The number of nitrogens with one attached hydrogen (secondary N) is 4. The summed E-state index contributed by atoms with van der Waals surface area (Å²) >= 11 is 0. The van der Waals surface area contributed by atoms with Gasteiger partial charge in [0, 0.05) is 73.5 Å². The third-order valence-electron chi connectivity index (χ3n) is 12.9. The number of anilines is 1. The number of pyridine rings is 1. The molecule has 3 amide bonds. The number of carbonyl (C=O) groups excluding carboxylic acids is 2. The molecule has 2 saturated heterocycles. The third-order valence-corrected chi connectivity index (χ3v) is 12.9. The van der Waals surface area contributed by atoms with Gasteiger partial charge in [0.2, 0.25) is 17.8 Å². The summed E-state index contributed by atoms with van der Waals surface area (Å²) in [5, 5.41) is 19.0. The van der Waals surface area contributed by atoms with Crippen LogP contribution in [0.2, 0.25) is 0 Å². The average Bonchev–Trinajstić information content (AvgIpc) is 3.98. The average molecular weight is 873 g/mol. The van der Waals surface area contributed by atoms with Gasteiger partial charge >= 0.3 is 6.09 Å². The van der Waals surface area contributed by atoms with E-state index < -0.39 is 36.0 Å². The summed E-state index contributed by atoms with van der Waals surface area (Å²) in [6, 6.07) is 16.7. The van der Waals surface area contributed by atoms with Gasteiger partial charge in [-0.15, -0.1) is 6.42 Å². The van der Waals surface area contributed by atoms with Crippen molar-refractivity contribution in [1.29, 1.82) is 0 Å². The number of benzene rings is 2. The fourth-order valence-corrected chi connectivity index (χ4v) is 9.11. The molecule has 336 valence electrons. The summed E-state index contributed by atoms with van der Waals surface area (Å²) in [5.41, 5.74) is 8.11. The summed E-state index contributed by atoms with van der Waals surface area (Å²) in [4.78, 5) is 68.0. The normalized spacial score (nSPS) is 18.3. The molecule has 0 bridgehead atoms. The summed E-state index contributed by atoms with van der Waals surface area (Å²) in [5.74, 6) is 1.66. The zero-order chi connectivity index (χ0) is 45.0. The number of terminal acetylenes is 1. The lowest BCUT2D eigenvalue weighted by Crippen LogP contribution is -2.55. The highest BCUT2D eigenvalue weighted by atomic mass is 16.6. The number of aryl methyl sites for hydroxylation is 1. The van der Waals surface area contributed by atoms with E-state index in [1.165, 1.54) is 0 Å². The number of amides is 3. The van der Waals surface area contributed by atoms with E-state index in [0.29, 0.717) is 40.6 Å². The maximum atomic E-state index is 13.1. The van der Waals surface area contributed by atoms with E-state index in [2.05, 4.69) is 38.3 Å². The van der Waals surface area contributed by atoms with Gasteiger partial charge in [0.1, 0.15) is 18.3 Å². The molecular formula is C47H56N10O7. The maximum absolute atomic E-state index is 13.1. The first-order valence-electron chi connectivity index (χ1n) is 21.9. The first-order valence-corrected chi connectivity index (χ1v) is 21.9. The minimum atomic E-state index is -1.48. The molecule has 7 N–H and O–H groups in total. The lowest BCUT2D eigenvalue weighted by Gasteiger charge is -2.45. The molecule has 17 nitrogen and oxygen atoms in total. The van der Waals surface area contributed by atoms with E-state index in [-0.39, 0.29) is 30.5 Å². The Hall–Kier alpha value is -6.32. The minimum Gasteiger partial charge on any atom is -0.465 e. The first-order chi connectivity index (χ1) is 30.9. The van der Waals surface area contributed by atoms with E-state index in [9.17, 15) is 24.3 Å². The Morgan fingerprint density at radius 2 is 1.80 bits per heavy atom. The summed E-state index contributed by atoms with van der Waals surface area (Å²) in [7, 11) is 1.73. The van der Waals surface area contributed by atoms with Crippen molar-refractivity contribution >= 4 is 45.7 Å². The maximum Gasteiger partial charge on any atom is 0.405 e. The van der Waals surface area contributed by atoms with Crippen molar-refractivity contribution in [2.45, 2.75) is 81.2 Å². The van der Waals surface area contributed by atoms with E-state index in [0.717, 1.165) is 86.8 Å². The van der Waals surface area contributed by atoms with Crippen LogP contribution in [0.1, 0.15) is 63.1 Å². The van der Waals surface area contributed by atoms with Crippen LogP contribution < -0.4 is 32.1 Å². The molecule has 1 saturated carbocycles. The van der Waals surface area contributed by atoms with Crippen molar-refractivity contribution in [3.05, 3.63) is 88.6 Å². The number of H-pyrrole nitrogens is 1. The van der Waals surface area contributed by atoms with Gasteiger partial charge in [0.05, 0.1) is 36.9 Å². The predicted octanol–water partition coefficient (Wildman–Crippen LogP) is 3.55. The number of primary amides is 1. The second-order valence-electron chi connectivity index (χ2n) is 17.4. The van der Waals surface area contributed by atoms with Gasteiger partial charge in [0.25, 0.3) is 5.56 Å². The minimum absolute atomic E-state index is 0.0392. The third kappa shape index (κ3) is 9.60. The number of likely N-dealkylation sites (tertiary alicyclic amines) is 1. The number of piperidine rings is 2. The molecule has 8 rings (SSSR count). The van der Waals surface area contributed by atoms with Gasteiger partial charge in [-0.2, -0.15) is 0 Å². The van der Waals surface area contributed by atoms with Gasteiger partial charge in [-0.25, -0.2) is 14.8 Å². The number of nitrogens with zero attached hydrogens (tertiary/aromatic N) is 5. The van der Waals surface area contributed by atoms with E-state index in [1.807, 2.05) is 66.1 Å². The van der Waals surface area contributed by atoms with Gasteiger partial charge < -0.3 is 55.6 Å². The highest BCUT2D eigenvalue weighted by Crippen LogP contribution is 2.44. The van der Waals surface area contributed by atoms with Gasteiger partial charge in [-0.05, 0) is 74.8 Å². The topological polar surface area (TPSA) is 222 Å². The van der Waals surface area contributed by atoms with Gasteiger partial charge in [-0.3, -0.25) is 14.4 Å². The molecule has 17 heteroatoms. The molecule has 5 aromatic rings. The Morgan fingerprint density at radius 3 is 2.48 bits per heavy atom. The molecule has 0 radical (unpaired) electrons. The number of hydrogen-bond acceptors (Lipinski definition) is 11. The molecule has 2 aliphatic heterocycles. The SMILES string of the molecule is C#CCNC1(C)CCN(C2CCN(c3nc([C@@](COCNC(=O)[C@H](CC(N)=O)NC(=O)O)(OC4CC4)c4ccccc4)c4cc(-c5cn(C)c(=O)c6[nH]ccc56)ccc4n3)CC2)CC1. The summed E-state index contributed by atoms with van der Waals surface area (Å²) in [6.07, 6.45) is 12.6. The van der Waals surface area contributed by atoms with Crippen molar-refractivity contribution < 1.29 is 29.0 Å². The largest absolute Gasteiger partial charge is 0.465 e. The molecule has 2 atom stereocenters. The lowest BCUT2D eigenvalue weighted by molar-refractivity contribution is -0.130. The monoisotopic (exact) mass is 872 g/mol. The Kier molecular flexibility index (Phi) is 13.0. The number of aromatic amines is 1. The predicted molar refractivity (Wildman–Crippen MR) is 242 cm³/mol. The number of carboxylic acid groups (broad SMARTS) is 1. The first kappa shape index (κ1) is 44.3. The lowest BCUT2D eigenvalue weighted by atomic mass is 9.87. The van der Waals surface area contributed by atoms with Crippen molar-refractivity contribution in [1.82, 2.24) is 40.4 Å². The number of ether oxygens (including phenoxy) is 2. The molecular weight excluding hydrogens is 817 g/mol. The molecule has 3 fully saturated rings. The second kappa shape index (κ2) is 18.8. The smallest absolute Gasteiger partial charge is 0.405 e. The van der Waals surface area contributed by atoms with Crippen LogP contribution in [0.15, 0.2) is 71.8 Å². The number of aromatic nitrogens is 4. The molecule has 64 heavy (non-hydrogen) atoms. The molecule has 3 aliphatic rings. The van der Waals surface area contributed by atoms with Crippen molar-refractivity contribution in [2.75, 3.05) is 51.0 Å². The zero-order valence-corrected chi connectivity index (χ0v) is 36.3. The van der Waals surface area contributed by atoms with Crippen molar-refractivity contribution in [3.63, 3.8) is 0 Å². The number of fused-ring (bicyclic) bond motifs is 2. The Morgan fingerprint density at radius 1 is 1.05 bits per heavy atom. The molecule has 0 spiro atoms. The second-order valence-corrected chi connectivity index (χ2v) is 17.4. The molecule has 2 aromatic carbocycles. The molecule has 0 unspecified atom stereocenters. The van der Waals surface area contributed by atoms with E-state index in [1.54, 1.807) is 17.8 Å². The van der Waals surface area contributed by atoms with Crippen LogP contribution >= 0.6 is 0 Å². The highest BCUT2D eigenvalue weighted by Gasteiger charge is 2.45. The molecule has 1 aliphatic carbocycles. The number of nitrogens with two attached hydrogens (primary N) is 1. The number of hydrogen-bond donors (Lipinski definition) is 6. The van der Waals surface area contributed by atoms with Gasteiger partial charge in [0.15, 0.2) is 5.60 Å². The van der Waals surface area contributed by atoms with Crippen molar-refractivity contribution in [2.24, 2.45) is 12.8 Å². The Balaban J connectivity index is 1.17. The van der Waals surface area contributed by atoms with Crippen LogP contribution in [-0.2, 0) is 31.7 Å². The van der Waals surface area contributed by atoms with Crippen LogP contribution in [0.5, 0.6) is 0 Å². The van der Waals surface area contributed by atoms with Crippen molar-refractivity contribution in [3.8, 4) is 23.5 Å². The van der Waals surface area contributed by atoms with Crippen LogP contribution in [0, 0.1) is 12.3 Å². The summed E-state index contributed by atoms with van der Waals surface area (Å²) in [6.45, 7) is 5.89. The van der Waals surface area contributed by atoms with Gasteiger partial charge in [-0.1, -0.05) is 42.3 Å². The van der Waals surface area contributed by atoms with Crippen LogP contribution in [0.3, 0.4) is 0 Å². The van der Waals surface area contributed by atoms with Crippen LogP contribution in [0.25, 0.3) is 32.9 Å². The van der Waals surface area contributed by atoms with E-state index >= 15 is 0 Å². The summed E-state index contributed by atoms with van der Waals surface area (Å²) < 4.78 is 15.0. The Labute approximate surface area is 371 Å². The number of rotatable bonds is 17. The standard InChI is InChI=1S/C47H56N10O7/c1-4-19-51-46(2)17-23-56(24-18-46)32-15-21-57(22-16-32)44-52-37-13-10-30(36-27-55(3)43(60)40-34(36)14-20-49-40)25-35(37)41(54-44)47(64-33-11-12-33,31-8-6-5-7-9-31)28-63-29-50-42(59)38(26-39(48)58)53-45(61)62/h1,5-10,13-14,20,25,27,32-33,38,49,51,53H,11-12,15-19,21-24,26,28-29H2,2-3H3,(H2,48,58)(H,50,59)(H,61,62)/t38-,47-/m0/s1. The molecule has 3 aromatic heterocycles. The van der Waals surface area contributed by atoms with E-state index in [4.69, 9.17) is 31.6 Å². The fraction of sp³-hybridized carbons (Fsp3) is 0.447. The quantitative estimate of drug-likeness (QED) is 0.0449. The fourth-order valence-electron chi connectivity index (χ4n) is 9.11.